The van der Waals surface area contributed by atoms with Gasteiger partial charge in [0.15, 0.2) is 0 Å². The molecule has 0 aliphatic heterocycles. The minimum absolute atomic E-state index is 1.08. The van der Waals surface area contributed by atoms with Crippen molar-refractivity contribution >= 4 is 0 Å². The minimum Gasteiger partial charge on any atom is -0.0577 e. The molecule has 0 aromatic heterocycles. The Morgan fingerprint density at radius 1 is 1.83 bits per heavy atom. The molecule has 0 rings (SSSR count). The average molecular weight is 83.2 g/mol. The zero-order valence-electron chi connectivity index (χ0n) is 4.49. The Hall–Kier alpha value is -0.390. The highest BCUT2D eigenvalue weighted by atomic mass is 13.8. The van der Waals surface area contributed by atoms with E-state index in [0.717, 1.165) is 6.42 Å². The van der Waals surface area contributed by atoms with Crippen LogP contribution in [0.25, 0.3) is 0 Å². The van der Waals surface area contributed by atoms with Gasteiger partial charge in [-0.05, 0) is 0 Å². The van der Waals surface area contributed by atoms with Crippen LogP contribution in [0.3, 0.4) is 0 Å². The molecule has 0 bridgehead atoms. The second kappa shape index (κ2) is 2.83. The number of hydrogen-bond acceptors (Lipinski definition) is 0. The molecule has 0 atom stereocenters. The quantitative estimate of drug-likeness (QED) is 0.449. The molecule has 0 spiro atoms. The fourth-order valence-corrected chi connectivity index (χ4v) is 0.204. The van der Waals surface area contributed by atoms with Crippen LogP contribution in [0.5, 0.6) is 0 Å². The van der Waals surface area contributed by atoms with Crippen molar-refractivity contribution in [3.05, 3.63) is 18.6 Å². The van der Waals surface area contributed by atoms with Gasteiger partial charge in [-0.1, -0.05) is 6.92 Å². The van der Waals surface area contributed by atoms with E-state index in [1.807, 2.05) is 13.3 Å². The van der Waals surface area contributed by atoms with Crippen molar-refractivity contribution in [2.75, 3.05) is 0 Å². The summed E-state index contributed by atoms with van der Waals surface area (Å²) in [5.74, 6) is 0. The van der Waals surface area contributed by atoms with Crippen LogP contribution < -0.4 is 0 Å². The molecule has 34 valence electrons. The van der Waals surface area contributed by atoms with Gasteiger partial charge < -0.3 is 0 Å². The molecule has 0 heteroatoms. The monoisotopic (exact) mass is 83.1 g/mol. The third-order valence-electron chi connectivity index (χ3n) is 0.862. The Bertz CT molecular complexity index is 38.0. The molecule has 0 aromatic rings. The lowest BCUT2D eigenvalue weighted by Crippen LogP contribution is -1.70. The molecule has 0 unspecified atom stereocenters. The van der Waals surface area contributed by atoms with E-state index in [-0.39, 0.29) is 0 Å². The smallest absolute Gasteiger partial charge is 0.0577 e. The molecule has 0 fully saturated rings. The van der Waals surface area contributed by atoms with Crippen molar-refractivity contribution in [3.63, 3.8) is 0 Å². The zero-order valence-corrected chi connectivity index (χ0v) is 4.49. The highest BCUT2D eigenvalue weighted by Crippen LogP contribution is 1.97. The second-order valence-electron chi connectivity index (χ2n) is 1.30. The lowest BCUT2D eigenvalue weighted by molar-refractivity contribution is 1.11. The summed E-state index contributed by atoms with van der Waals surface area (Å²) in [5, 5.41) is 0. The van der Waals surface area contributed by atoms with E-state index < -0.39 is 0 Å². The van der Waals surface area contributed by atoms with Crippen molar-refractivity contribution in [2.24, 2.45) is 0 Å². The minimum atomic E-state index is 1.08. The van der Waals surface area contributed by atoms with Gasteiger partial charge in [0.25, 0.3) is 0 Å². The van der Waals surface area contributed by atoms with E-state index in [1.165, 1.54) is 5.57 Å². The van der Waals surface area contributed by atoms with Gasteiger partial charge in [-0.3, -0.25) is 0 Å². The van der Waals surface area contributed by atoms with E-state index >= 15 is 0 Å². The summed E-state index contributed by atoms with van der Waals surface area (Å²) in [4.78, 5) is 0. The number of allylic oxidation sites excluding steroid dienone is 1. The molecular weight excluding hydrogens is 72.1 g/mol. The topological polar surface area (TPSA) is 0 Å². The number of hydrogen-bond donors (Lipinski definition) is 0. The first-order valence-corrected chi connectivity index (χ1v) is 2.28. The van der Waals surface area contributed by atoms with Crippen LogP contribution >= 0.6 is 0 Å². The molecule has 0 aromatic carbocycles. The largest absolute Gasteiger partial charge is 0.0987 e. The van der Waals surface area contributed by atoms with Gasteiger partial charge >= 0.3 is 0 Å². The van der Waals surface area contributed by atoms with Crippen molar-refractivity contribution in [2.45, 2.75) is 20.3 Å². The third kappa shape index (κ3) is 1.89. The Kier molecular flexibility index (Phi) is 2.64. The van der Waals surface area contributed by atoms with Crippen LogP contribution in [0.15, 0.2) is 12.2 Å². The maximum atomic E-state index is 3.74. The zero-order chi connectivity index (χ0) is 4.99. The molecular formula is C6H11+. The molecule has 0 heterocycles. The summed E-state index contributed by atoms with van der Waals surface area (Å²) in [6.07, 6.45) is 3.11. The first-order valence-electron chi connectivity index (χ1n) is 2.28. The maximum absolute atomic E-state index is 3.74. The van der Waals surface area contributed by atoms with Crippen molar-refractivity contribution in [1.29, 1.82) is 0 Å². The van der Waals surface area contributed by atoms with E-state index in [2.05, 4.69) is 13.5 Å². The van der Waals surface area contributed by atoms with Crippen LogP contribution in [0.2, 0.25) is 0 Å². The lowest BCUT2D eigenvalue weighted by Gasteiger charge is -1.79. The van der Waals surface area contributed by atoms with Crippen molar-refractivity contribution < 1.29 is 0 Å². The molecule has 0 N–H and O–H groups in total. The summed E-state index contributed by atoms with van der Waals surface area (Å²) in [6.45, 7) is 7.84. The van der Waals surface area contributed by atoms with E-state index in [4.69, 9.17) is 0 Å². The van der Waals surface area contributed by atoms with Gasteiger partial charge in [0, 0.05) is 26.3 Å². The molecule has 0 nitrogen and oxygen atoms in total. The van der Waals surface area contributed by atoms with Crippen LogP contribution in [0.1, 0.15) is 20.3 Å². The van der Waals surface area contributed by atoms with Gasteiger partial charge in [-0.25, -0.2) is 0 Å². The summed E-state index contributed by atoms with van der Waals surface area (Å²) >= 11 is 0. The molecule has 0 amide bonds. The summed E-state index contributed by atoms with van der Waals surface area (Å²) < 4.78 is 0. The molecule has 0 radical (unpaired) electrons. The van der Waals surface area contributed by atoms with Gasteiger partial charge in [0.1, 0.15) is 0 Å². The molecule has 0 saturated carbocycles. The normalized spacial score (nSPS) is 7.67. The standard InChI is InChI=1S/C6H11/c1-4-6(3)5-2/h4H,3,5H2,1-2H3/q+1. The predicted molar refractivity (Wildman–Crippen MR) is 29.4 cm³/mol. The number of rotatable bonds is 2. The Morgan fingerprint density at radius 3 is 2.33 bits per heavy atom. The predicted octanol–water partition coefficient (Wildman–Crippen LogP) is 2.18. The van der Waals surface area contributed by atoms with Gasteiger partial charge in [-0.2, -0.15) is 0 Å². The van der Waals surface area contributed by atoms with Gasteiger partial charge in [-0.15, -0.1) is 0 Å². The van der Waals surface area contributed by atoms with Crippen LogP contribution in [-0.2, 0) is 0 Å². The maximum Gasteiger partial charge on any atom is 0.0987 e. The summed E-state index contributed by atoms with van der Waals surface area (Å²) in [7, 11) is 0. The Morgan fingerprint density at radius 2 is 2.33 bits per heavy atom. The Balaban J connectivity index is 2.99. The fourth-order valence-electron chi connectivity index (χ4n) is 0.204. The highest BCUT2D eigenvalue weighted by Gasteiger charge is 1.88. The first kappa shape index (κ1) is 5.61. The molecule has 0 saturated heterocycles. The van der Waals surface area contributed by atoms with Gasteiger partial charge in [0.05, 0.1) is 5.57 Å². The van der Waals surface area contributed by atoms with Crippen LogP contribution in [0, 0.1) is 6.42 Å². The van der Waals surface area contributed by atoms with Crippen molar-refractivity contribution in [1.82, 2.24) is 0 Å². The molecule has 0 aliphatic carbocycles. The second-order valence-corrected chi connectivity index (χ2v) is 1.30. The van der Waals surface area contributed by atoms with Crippen LogP contribution in [0.4, 0.5) is 0 Å². The van der Waals surface area contributed by atoms with E-state index in [0.29, 0.717) is 0 Å². The van der Waals surface area contributed by atoms with Crippen LogP contribution in [-0.4, -0.2) is 0 Å². The Labute approximate surface area is 39.9 Å². The van der Waals surface area contributed by atoms with Gasteiger partial charge in [0.2, 0.25) is 0 Å². The molecule has 0 aliphatic rings. The van der Waals surface area contributed by atoms with E-state index in [9.17, 15) is 0 Å². The summed E-state index contributed by atoms with van der Waals surface area (Å²) in [5.41, 5.74) is 1.22. The average Bonchev–Trinajstić information content (AvgIpc) is 1.65. The SMILES string of the molecule is C=C([CH+]C)CC. The third-order valence-corrected chi connectivity index (χ3v) is 0.862. The van der Waals surface area contributed by atoms with E-state index in [1.54, 1.807) is 0 Å². The molecule has 6 heavy (non-hydrogen) atoms. The summed E-state index contributed by atoms with van der Waals surface area (Å²) in [6, 6.07) is 0. The highest BCUT2D eigenvalue weighted by molar-refractivity contribution is 5.03. The van der Waals surface area contributed by atoms with Crippen molar-refractivity contribution in [3.8, 4) is 0 Å². The first-order chi connectivity index (χ1) is 2.81. The fraction of sp³-hybridized carbons (Fsp3) is 0.500. The lowest BCUT2D eigenvalue weighted by atomic mass is 10.2.